The minimum absolute atomic E-state index is 0. The van der Waals surface area contributed by atoms with Gasteiger partial charge in [-0.15, -0.1) is 12.4 Å². The Morgan fingerprint density at radius 3 is 2.22 bits per heavy atom. The van der Waals surface area contributed by atoms with E-state index in [2.05, 4.69) is 17.6 Å². The largest absolute Gasteiger partial charge is 0.359 e. The predicted octanol–water partition coefficient (Wildman–Crippen LogP) is 2.88. The van der Waals surface area contributed by atoms with Crippen LogP contribution in [-0.2, 0) is 4.79 Å². The lowest BCUT2D eigenvalue weighted by molar-refractivity contribution is -0.125. The molecule has 1 saturated carbocycles. The van der Waals surface area contributed by atoms with Gasteiger partial charge in [-0.3, -0.25) is 4.79 Å². The summed E-state index contributed by atoms with van der Waals surface area (Å²) < 4.78 is 0. The average Bonchev–Trinajstić information content (AvgIpc) is 2.93. The number of amides is 1. The lowest BCUT2D eigenvalue weighted by Crippen LogP contribution is -2.28. The van der Waals surface area contributed by atoms with Gasteiger partial charge in [0.25, 0.3) is 0 Å². The normalized spacial score (nSPS) is 23.6. The zero-order valence-electron chi connectivity index (χ0n) is 11.8. The second kappa shape index (κ2) is 10.6. The topological polar surface area (TPSA) is 41.1 Å². The van der Waals surface area contributed by atoms with E-state index in [0.29, 0.717) is 5.92 Å². The monoisotopic (exact) mass is 276 g/mol. The fraction of sp³-hybridized carbons (Fsp3) is 0.929. The number of hydrogen-bond donors (Lipinski definition) is 2. The van der Waals surface area contributed by atoms with Crippen LogP contribution in [0.3, 0.4) is 0 Å². The summed E-state index contributed by atoms with van der Waals surface area (Å²) in [4.78, 5) is 11.1. The first-order valence-electron chi connectivity index (χ1n) is 7.23. The molecule has 0 aromatic heterocycles. The number of carbonyl (C=O) groups is 1. The van der Waals surface area contributed by atoms with E-state index in [1.165, 1.54) is 45.1 Å². The van der Waals surface area contributed by atoms with Crippen LogP contribution >= 0.6 is 12.4 Å². The molecule has 0 radical (unpaired) electrons. The van der Waals surface area contributed by atoms with Gasteiger partial charge < -0.3 is 10.6 Å². The van der Waals surface area contributed by atoms with E-state index >= 15 is 0 Å². The van der Waals surface area contributed by atoms with Crippen LogP contribution in [0.4, 0.5) is 0 Å². The zero-order chi connectivity index (χ0) is 12.5. The van der Waals surface area contributed by atoms with Crippen LogP contribution in [0.5, 0.6) is 0 Å². The molecule has 2 aliphatic rings. The maximum Gasteiger partial charge on any atom is 0.222 e. The number of halogens is 1. The molecule has 108 valence electrons. The van der Waals surface area contributed by atoms with Gasteiger partial charge in [-0.2, -0.15) is 0 Å². The first kappa shape index (κ1) is 17.7. The predicted molar refractivity (Wildman–Crippen MR) is 79.2 cm³/mol. The Morgan fingerprint density at radius 1 is 1.17 bits per heavy atom. The Morgan fingerprint density at radius 2 is 1.83 bits per heavy atom. The van der Waals surface area contributed by atoms with Gasteiger partial charge in [0.1, 0.15) is 0 Å². The molecule has 2 N–H and O–H groups in total. The van der Waals surface area contributed by atoms with E-state index in [0.717, 1.165) is 18.9 Å². The van der Waals surface area contributed by atoms with Crippen molar-refractivity contribution in [3.63, 3.8) is 0 Å². The van der Waals surface area contributed by atoms with Gasteiger partial charge in [0, 0.05) is 19.0 Å². The van der Waals surface area contributed by atoms with Crippen molar-refractivity contribution in [1.82, 2.24) is 10.6 Å². The van der Waals surface area contributed by atoms with Crippen molar-refractivity contribution in [2.75, 3.05) is 13.6 Å². The highest BCUT2D eigenvalue weighted by atomic mass is 35.5. The maximum absolute atomic E-state index is 11.1. The van der Waals surface area contributed by atoms with E-state index in [1.807, 2.05) is 0 Å². The molecule has 1 atom stereocenters. The molecule has 1 saturated heterocycles. The molecule has 3 nitrogen and oxygen atoms in total. The van der Waals surface area contributed by atoms with Gasteiger partial charge in [0.15, 0.2) is 0 Å². The van der Waals surface area contributed by atoms with Gasteiger partial charge in [0.05, 0.1) is 0 Å². The van der Waals surface area contributed by atoms with Gasteiger partial charge in [0.2, 0.25) is 5.91 Å². The van der Waals surface area contributed by atoms with Crippen LogP contribution < -0.4 is 10.6 Å². The molecule has 1 amide bonds. The van der Waals surface area contributed by atoms with Crippen molar-refractivity contribution < 1.29 is 4.79 Å². The fourth-order valence-corrected chi connectivity index (χ4v) is 2.67. The Kier molecular flexibility index (Phi) is 10.5. The van der Waals surface area contributed by atoms with E-state index in [9.17, 15) is 4.79 Å². The quantitative estimate of drug-likeness (QED) is 0.814. The molecule has 1 heterocycles. The zero-order valence-corrected chi connectivity index (χ0v) is 12.7. The van der Waals surface area contributed by atoms with Crippen LogP contribution in [-0.4, -0.2) is 25.5 Å². The number of hydrogen-bond acceptors (Lipinski definition) is 2. The van der Waals surface area contributed by atoms with Gasteiger partial charge in [-0.05, 0) is 38.6 Å². The minimum atomic E-state index is 0. The Hall–Kier alpha value is -0.280. The molecule has 2 fully saturated rings. The molecule has 0 bridgehead atoms. The van der Waals surface area contributed by atoms with Crippen molar-refractivity contribution in [3.8, 4) is 0 Å². The van der Waals surface area contributed by atoms with Crippen molar-refractivity contribution in [1.29, 1.82) is 0 Å². The van der Waals surface area contributed by atoms with Crippen LogP contribution in [0.15, 0.2) is 0 Å². The molecule has 1 unspecified atom stereocenters. The van der Waals surface area contributed by atoms with E-state index in [1.54, 1.807) is 7.05 Å². The highest BCUT2D eigenvalue weighted by Gasteiger charge is 2.19. The average molecular weight is 277 g/mol. The van der Waals surface area contributed by atoms with Crippen molar-refractivity contribution >= 4 is 18.3 Å². The molecule has 0 aromatic carbocycles. The van der Waals surface area contributed by atoms with E-state index < -0.39 is 0 Å². The lowest BCUT2D eigenvalue weighted by Gasteiger charge is -2.19. The van der Waals surface area contributed by atoms with Crippen molar-refractivity contribution in [2.24, 2.45) is 5.92 Å². The standard InChI is InChI=1S/C8H15NO.C6H13N.ClH/c1-9-8(10)7-5-3-2-4-6-7;1-2-6-4-3-5-7-6;/h7H,2-6H2,1H3,(H,9,10);6-7H,2-5H2,1H3;1H. The summed E-state index contributed by atoms with van der Waals surface area (Å²) >= 11 is 0. The number of carbonyl (C=O) groups excluding carboxylic acids is 1. The summed E-state index contributed by atoms with van der Waals surface area (Å²) in [7, 11) is 1.72. The molecule has 1 aliphatic heterocycles. The molecule has 4 heteroatoms. The smallest absolute Gasteiger partial charge is 0.222 e. The number of nitrogens with one attached hydrogen (secondary N) is 2. The molecule has 0 aromatic rings. The first-order chi connectivity index (χ1) is 8.27. The lowest BCUT2D eigenvalue weighted by atomic mass is 9.89. The molecular weight excluding hydrogens is 248 g/mol. The van der Waals surface area contributed by atoms with Gasteiger partial charge in [-0.25, -0.2) is 0 Å². The molecular formula is C14H29ClN2O. The molecule has 0 spiro atoms. The van der Waals surface area contributed by atoms with Crippen molar-refractivity contribution in [3.05, 3.63) is 0 Å². The second-order valence-corrected chi connectivity index (χ2v) is 5.15. The molecule has 2 rings (SSSR count). The summed E-state index contributed by atoms with van der Waals surface area (Å²) in [5, 5.41) is 6.10. The van der Waals surface area contributed by atoms with Crippen LogP contribution in [0.2, 0.25) is 0 Å². The third kappa shape index (κ3) is 6.60. The summed E-state index contributed by atoms with van der Waals surface area (Å²) in [5.74, 6) is 0.554. The van der Waals surface area contributed by atoms with Crippen LogP contribution in [0, 0.1) is 5.92 Å². The minimum Gasteiger partial charge on any atom is -0.359 e. The van der Waals surface area contributed by atoms with Crippen LogP contribution in [0.25, 0.3) is 0 Å². The number of rotatable bonds is 2. The molecule has 18 heavy (non-hydrogen) atoms. The second-order valence-electron chi connectivity index (χ2n) is 5.15. The van der Waals surface area contributed by atoms with E-state index in [-0.39, 0.29) is 18.3 Å². The summed E-state index contributed by atoms with van der Waals surface area (Å²) in [5.41, 5.74) is 0. The third-order valence-electron chi connectivity index (χ3n) is 3.88. The third-order valence-corrected chi connectivity index (χ3v) is 3.88. The Bertz CT molecular complexity index is 212. The van der Waals surface area contributed by atoms with Gasteiger partial charge >= 0.3 is 0 Å². The SMILES string of the molecule is CCC1CCCN1.CNC(=O)C1CCCCC1.Cl. The first-order valence-corrected chi connectivity index (χ1v) is 7.23. The Labute approximate surface area is 118 Å². The van der Waals surface area contributed by atoms with Crippen LogP contribution in [0.1, 0.15) is 58.3 Å². The van der Waals surface area contributed by atoms with E-state index in [4.69, 9.17) is 0 Å². The Balaban J connectivity index is 0.000000321. The summed E-state index contributed by atoms with van der Waals surface area (Å²) in [6.07, 6.45) is 10.1. The maximum atomic E-state index is 11.1. The fourth-order valence-electron chi connectivity index (χ4n) is 2.67. The highest BCUT2D eigenvalue weighted by molar-refractivity contribution is 5.85. The van der Waals surface area contributed by atoms with Crippen molar-refractivity contribution in [2.45, 2.75) is 64.3 Å². The summed E-state index contributed by atoms with van der Waals surface area (Å²) in [6.45, 7) is 3.49. The summed E-state index contributed by atoms with van der Waals surface area (Å²) in [6, 6.07) is 0.847. The van der Waals surface area contributed by atoms with Gasteiger partial charge in [-0.1, -0.05) is 26.2 Å². The molecule has 1 aliphatic carbocycles. The highest BCUT2D eigenvalue weighted by Crippen LogP contribution is 2.23.